The Morgan fingerprint density at radius 2 is 2.00 bits per heavy atom. The van der Waals surface area contributed by atoms with Gasteiger partial charge in [0.15, 0.2) is 0 Å². The van der Waals surface area contributed by atoms with Crippen molar-refractivity contribution in [3.05, 3.63) is 48.0 Å². The molecule has 20 heavy (non-hydrogen) atoms. The zero-order valence-electron chi connectivity index (χ0n) is 12.5. The van der Waals surface area contributed by atoms with Crippen molar-refractivity contribution in [2.45, 2.75) is 39.0 Å². The summed E-state index contributed by atoms with van der Waals surface area (Å²) >= 11 is 0. The molecule has 1 saturated carbocycles. The van der Waals surface area contributed by atoms with Crippen LogP contribution in [0, 0.1) is 11.8 Å². The summed E-state index contributed by atoms with van der Waals surface area (Å²) in [6.07, 6.45) is 3.56. The number of hydrogen-bond donors (Lipinski definition) is 0. The van der Waals surface area contributed by atoms with Crippen molar-refractivity contribution in [1.82, 2.24) is 0 Å². The van der Waals surface area contributed by atoms with E-state index in [1.54, 1.807) is 6.92 Å². The number of carbonyl (C=O) groups excluding carboxylic acids is 1. The van der Waals surface area contributed by atoms with Crippen molar-refractivity contribution >= 4 is 5.97 Å². The summed E-state index contributed by atoms with van der Waals surface area (Å²) in [5.74, 6) is 1.37. The second kappa shape index (κ2) is 6.74. The van der Waals surface area contributed by atoms with E-state index < -0.39 is 0 Å². The molecule has 0 N–H and O–H groups in total. The number of ether oxygens (including phenoxy) is 1. The van der Waals surface area contributed by atoms with Crippen LogP contribution < -0.4 is 0 Å². The summed E-state index contributed by atoms with van der Waals surface area (Å²) in [6, 6.07) is 10.6. The minimum atomic E-state index is -0.268. The molecule has 0 aromatic heterocycles. The first-order valence-electron chi connectivity index (χ1n) is 7.45. The van der Waals surface area contributed by atoms with Gasteiger partial charge in [0.25, 0.3) is 0 Å². The first-order valence-corrected chi connectivity index (χ1v) is 7.45. The topological polar surface area (TPSA) is 26.3 Å². The molecule has 0 aliphatic heterocycles. The Balaban J connectivity index is 2.05. The summed E-state index contributed by atoms with van der Waals surface area (Å²) in [4.78, 5) is 11.6. The largest absolute Gasteiger partial charge is 0.462 e. The van der Waals surface area contributed by atoms with Crippen LogP contribution in [0.15, 0.2) is 42.5 Å². The Labute approximate surface area is 121 Å². The number of rotatable bonds is 4. The zero-order valence-corrected chi connectivity index (χ0v) is 12.5. The van der Waals surface area contributed by atoms with Crippen LogP contribution in [0.25, 0.3) is 0 Å². The van der Waals surface area contributed by atoms with E-state index >= 15 is 0 Å². The first-order chi connectivity index (χ1) is 9.58. The van der Waals surface area contributed by atoms with E-state index in [2.05, 4.69) is 37.8 Å². The van der Waals surface area contributed by atoms with Gasteiger partial charge in [0.2, 0.25) is 0 Å². The number of hydrogen-bond acceptors (Lipinski definition) is 2. The molecule has 108 valence electrons. The zero-order chi connectivity index (χ0) is 14.5. The standard InChI is InChI=1S/C18H24O2/c1-13(2)18(19)20-12-16-11-14(3)9-10-17(16)15-7-5-4-6-8-15/h4-8,14,16-17H,1,9-12H2,2-3H3. The Kier molecular flexibility index (Phi) is 4.99. The predicted octanol–water partition coefficient (Wildman–Crippen LogP) is 4.33. The van der Waals surface area contributed by atoms with E-state index in [1.165, 1.54) is 18.4 Å². The van der Waals surface area contributed by atoms with E-state index in [0.717, 1.165) is 6.42 Å². The van der Waals surface area contributed by atoms with Crippen LogP contribution in [0.3, 0.4) is 0 Å². The van der Waals surface area contributed by atoms with E-state index in [9.17, 15) is 4.79 Å². The van der Waals surface area contributed by atoms with Gasteiger partial charge in [0.05, 0.1) is 6.61 Å². The van der Waals surface area contributed by atoms with E-state index in [1.807, 2.05) is 6.07 Å². The Hall–Kier alpha value is -1.57. The lowest BCUT2D eigenvalue weighted by molar-refractivity contribution is -0.141. The molecule has 1 aromatic rings. The molecule has 3 unspecified atom stereocenters. The molecule has 0 saturated heterocycles. The summed E-state index contributed by atoms with van der Waals surface area (Å²) in [5, 5.41) is 0. The smallest absolute Gasteiger partial charge is 0.333 e. The van der Waals surface area contributed by atoms with Gasteiger partial charge < -0.3 is 4.74 Å². The average Bonchev–Trinajstić information content (AvgIpc) is 2.45. The Bertz CT molecular complexity index is 464. The molecule has 1 aliphatic carbocycles. The molecule has 2 rings (SSSR count). The van der Waals surface area contributed by atoms with Gasteiger partial charge >= 0.3 is 5.97 Å². The quantitative estimate of drug-likeness (QED) is 0.602. The van der Waals surface area contributed by atoms with Crippen LogP contribution in [0.4, 0.5) is 0 Å². The average molecular weight is 272 g/mol. The normalized spacial score (nSPS) is 26.0. The summed E-state index contributed by atoms with van der Waals surface area (Å²) in [7, 11) is 0. The van der Waals surface area contributed by atoms with Gasteiger partial charge in [-0.25, -0.2) is 4.79 Å². The fraction of sp³-hybridized carbons (Fsp3) is 0.500. The SMILES string of the molecule is C=C(C)C(=O)OCC1CC(C)CCC1c1ccccc1. The number of benzene rings is 1. The maximum absolute atomic E-state index is 11.6. The van der Waals surface area contributed by atoms with Gasteiger partial charge in [0.1, 0.15) is 0 Å². The minimum Gasteiger partial charge on any atom is -0.462 e. The van der Waals surface area contributed by atoms with Crippen molar-refractivity contribution in [3.8, 4) is 0 Å². The summed E-state index contributed by atoms with van der Waals surface area (Å²) in [6.45, 7) is 8.13. The van der Waals surface area contributed by atoms with Crippen LogP contribution in [-0.4, -0.2) is 12.6 Å². The molecule has 0 spiro atoms. The molecule has 0 radical (unpaired) electrons. The van der Waals surface area contributed by atoms with E-state index in [4.69, 9.17) is 4.74 Å². The highest BCUT2D eigenvalue weighted by atomic mass is 16.5. The Morgan fingerprint density at radius 3 is 2.65 bits per heavy atom. The summed E-state index contributed by atoms with van der Waals surface area (Å²) in [5.41, 5.74) is 1.85. The third-order valence-electron chi connectivity index (χ3n) is 4.25. The van der Waals surface area contributed by atoms with Crippen LogP contribution in [-0.2, 0) is 9.53 Å². The van der Waals surface area contributed by atoms with Gasteiger partial charge in [0, 0.05) is 11.5 Å². The lowest BCUT2D eigenvalue weighted by atomic mass is 9.72. The van der Waals surface area contributed by atoms with Gasteiger partial charge in [-0.05, 0) is 37.2 Å². The van der Waals surface area contributed by atoms with Crippen molar-refractivity contribution in [2.24, 2.45) is 11.8 Å². The van der Waals surface area contributed by atoms with Crippen molar-refractivity contribution < 1.29 is 9.53 Å². The maximum atomic E-state index is 11.6. The van der Waals surface area contributed by atoms with E-state index in [-0.39, 0.29) is 5.97 Å². The number of esters is 1. The molecular weight excluding hydrogens is 248 g/mol. The molecule has 1 aliphatic rings. The molecule has 0 amide bonds. The maximum Gasteiger partial charge on any atom is 0.333 e. The number of carbonyl (C=O) groups is 1. The van der Waals surface area contributed by atoms with Crippen molar-refractivity contribution in [3.63, 3.8) is 0 Å². The van der Waals surface area contributed by atoms with E-state index in [0.29, 0.717) is 29.9 Å². The van der Waals surface area contributed by atoms with Crippen LogP contribution in [0.2, 0.25) is 0 Å². The lowest BCUT2D eigenvalue weighted by Crippen LogP contribution is -2.27. The van der Waals surface area contributed by atoms with Crippen molar-refractivity contribution in [1.29, 1.82) is 0 Å². The summed E-state index contributed by atoms with van der Waals surface area (Å²) < 4.78 is 5.40. The van der Waals surface area contributed by atoms with Crippen LogP contribution in [0.5, 0.6) is 0 Å². The van der Waals surface area contributed by atoms with Crippen LogP contribution >= 0.6 is 0 Å². The molecule has 2 nitrogen and oxygen atoms in total. The van der Waals surface area contributed by atoms with Crippen molar-refractivity contribution in [2.75, 3.05) is 6.61 Å². The van der Waals surface area contributed by atoms with Gasteiger partial charge in [-0.2, -0.15) is 0 Å². The fourth-order valence-electron chi connectivity index (χ4n) is 3.13. The molecule has 1 aromatic carbocycles. The fourth-order valence-corrected chi connectivity index (χ4v) is 3.13. The molecule has 2 heteroatoms. The first kappa shape index (κ1) is 14.8. The van der Waals surface area contributed by atoms with Gasteiger partial charge in [-0.1, -0.05) is 50.3 Å². The molecule has 0 heterocycles. The highest BCUT2D eigenvalue weighted by Crippen LogP contribution is 2.40. The Morgan fingerprint density at radius 1 is 1.30 bits per heavy atom. The molecule has 3 atom stereocenters. The third-order valence-corrected chi connectivity index (χ3v) is 4.25. The highest BCUT2D eigenvalue weighted by Gasteiger charge is 2.30. The second-order valence-electron chi connectivity index (χ2n) is 6.07. The van der Waals surface area contributed by atoms with Gasteiger partial charge in [-0.15, -0.1) is 0 Å². The highest BCUT2D eigenvalue weighted by molar-refractivity contribution is 5.86. The molecule has 0 bridgehead atoms. The monoisotopic (exact) mass is 272 g/mol. The second-order valence-corrected chi connectivity index (χ2v) is 6.07. The minimum absolute atomic E-state index is 0.268. The lowest BCUT2D eigenvalue weighted by Gasteiger charge is -2.35. The molecule has 1 fully saturated rings. The van der Waals surface area contributed by atoms with Gasteiger partial charge in [-0.3, -0.25) is 0 Å². The molecular formula is C18H24O2. The van der Waals surface area contributed by atoms with Crippen LogP contribution in [0.1, 0.15) is 44.6 Å². The third kappa shape index (κ3) is 3.72. The predicted molar refractivity (Wildman–Crippen MR) is 81.5 cm³/mol.